The molecule has 2 aliphatic rings. The van der Waals surface area contributed by atoms with Gasteiger partial charge in [-0.25, -0.2) is 23.9 Å². The first-order valence-electron chi connectivity index (χ1n) is 21.1. The van der Waals surface area contributed by atoms with E-state index < -0.39 is 47.6 Å². The van der Waals surface area contributed by atoms with Crippen molar-refractivity contribution in [2.45, 2.75) is 56.8 Å². The minimum absolute atomic E-state index is 0.0381. The van der Waals surface area contributed by atoms with Crippen molar-refractivity contribution in [1.82, 2.24) is 40.4 Å². The van der Waals surface area contributed by atoms with Crippen LogP contribution in [0.25, 0.3) is 44.5 Å². The highest BCUT2D eigenvalue weighted by molar-refractivity contribution is 5.94. The number of ether oxygens (including phenoxy) is 2. The molecular weight excluding hydrogens is 836 g/mol. The molecule has 4 N–H and O–H groups in total. The average Bonchev–Trinajstić information content (AvgIpc) is 4.18. The molecule has 65 heavy (non-hydrogen) atoms. The van der Waals surface area contributed by atoms with Crippen LogP contribution < -0.4 is 16.1 Å². The van der Waals surface area contributed by atoms with Crippen LogP contribution in [0.1, 0.15) is 67.9 Å². The van der Waals surface area contributed by atoms with Crippen molar-refractivity contribution in [1.29, 1.82) is 0 Å². The van der Waals surface area contributed by atoms with Gasteiger partial charge in [0.1, 0.15) is 40.7 Å². The van der Waals surface area contributed by atoms with Crippen molar-refractivity contribution >= 4 is 45.9 Å². The second kappa shape index (κ2) is 18.9. The highest BCUT2D eigenvalue weighted by atomic mass is 19.1. The highest BCUT2D eigenvalue weighted by Gasteiger charge is 2.39. The van der Waals surface area contributed by atoms with E-state index in [0.717, 1.165) is 6.07 Å². The minimum atomic E-state index is -1.04. The molecule has 334 valence electrons. The Labute approximate surface area is 372 Å². The Morgan fingerprint density at radius 3 is 2.14 bits per heavy atom. The predicted molar refractivity (Wildman–Crippen MR) is 240 cm³/mol. The van der Waals surface area contributed by atoms with Gasteiger partial charge < -0.3 is 44.3 Å². The van der Waals surface area contributed by atoms with E-state index in [0.29, 0.717) is 78.5 Å². The summed E-state index contributed by atoms with van der Waals surface area (Å²) in [7, 11) is 2.46. The molecule has 4 atom stereocenters. The molecule has 0 aliphatic carbocycles. The molecule has 3 aromatic carbocycles. The summed E-state index contributed by atoms with van der Waals surface area (Å²) in [6.45, 7) is 6.53. The fraction of sp³-hybridized carbons (Fsp3) is 0.271. The van der Waals surface area contributed by atoms with Gasteiger partial charge in [0.25, 0.3) is 11.8 Å². The van der Waals surface area contributed by atoms with E-state index in [1.54, 1.807) is 76.7 Å². The summed E-state index contributed by atoms with van der Waals surface area (Å²) in [5.74, 6) is -0.400. The first-order valence-corrected chi connectivity index (χ1v) is 21.1. The number of alkyl carbamates (subject to hydrolysis) is 2. The van der Waals surface area contributed by atoms with E-state index in [-0.39, 0.29) is 39.3 Å². The van der Waals surface area contributed by atoms with Gasteiger partial charge in [0.05, 0.1) is 60.9 Å². The molecular formula is C48H47FN8O8. The van der Waals surface area contributed by atoms with Gasteiger partial charge in [0.2, 0.25) is 5.43 Å². The summed E-state index contributed by atoms with van der Waals surface area (Å²) in [6.07, 6.45) is 11.0. The first kappa shape index (κ1) is 43.8. The van der Waals surface area contributed by atoms with Crippen LogP contribution in [0.3, 0.4) is 0 Å². The fourth-order valence-corrected chi connectivity index (χ4v) is 8.57. The summed E-state index contributed by atoms with van der Waals surface area (Å²) in [5, 5.41) is 5.55. The first-order chi connectivity index (χ1) is 31.5. The second-order valence-corrected chi connectivity index (χ2v) is 15.7. The molecule has 0 unspecified atom stereocenters. The number of aromatic nitrogens is 4. The number of hydrogen-bond acceptors (Lipinski definition) is 10. The molecule has 4 amide bonds. The number of carbonyl (C=O) groups is 4. The number of hydrogen-bond donors (Lipinski definition) is 4. The number of fused-ring (bicyclic) bond motifs is 2. The van der Waals surface area contributed by atoms with E-state index >= 15 is 4.39 Å². The summed E-state index contributed by atoms with van der Waals surface area (Å²) >= 11 is 0. The lowest BCUT2D eigenvalue weighted by Gasteiger charge is -2.28. The minimum Gasteiger partial charge on any atom is -0.456 e. The zero-order valence-electron chi connectivity index (χ0n) is 35.9. The third kappa shape index (κ3) is 8.76. The van der Waals surface area contributed by atoms with Crippen LogP contribution in [0.5, 0.6) is 0 Å². The number of nitrogens with zero attached hydrogens (tertiary/aromatic N) is 4. The molecule has 0 bridgehead atoms. The molecule has 0 spiro atoms. The number of nitrogens with one attached hydrogen (secondary N) is 4. The van der Waals surface area contributed by atoms with Gasteiger partial charge in [-0.2, -0.15) is 0 Å². The normalized spacial score (nSPS) is 17.4. The third-order valence-corrected chi connectivity index (χ3v) is 11.8. The maximum absolute atomic E-state index is 16.0. The Kier molecular flexibility index (Phi) is 12.7. The maximum atomic E-state index is 16.0. The van der Waals surface area contributed by atoms with Crippen molar-refractivity contribution in [2.75, 3.05) is 27.3 Å². The molecule has 5 heterocycles. The Hall–Kier alpha value is -7.82. The summed E-state index contributed by atoms with van der Waals surface area (Å²) < 4.78 is 31.9. The SMILES string of the molecule is C=C/C(=C\C=C/C)[C@@H](NC(=O)OC)C(=O)N1CCC[C@H]1c1ncc(-c2ccc3oc4cc(-c5cnc([C@@H]6CCCN6C(=O)[C@H](NC(=O)OC)c6ccccc6)[nH]5)c(F)cc4c(=O)c3c2)[nH]1. The third-order valence-electron chi connectivity index (χ3n) is 11.8. The Balaban J connectivity index is 1.04. The molecule has 0 radical (unpaired) electrons. The predicted octanol–water partition coefficient (Wildman–Crippen LogP) is 7.70. The summed E-state index contributed by atoms with van der Waals surface area (Å²) in [4.78, 5) is 85.6. The van der Waals surface area contributed by atoms with Crippen LogP contribution >= 0.6 is 0 Å². The number of rotatable bonds is 12. The van der Waals surface area contributed by atoms with E-state index in [2.05, 4.69) is 37.1 Å². The Morgan fingerprint density at radius 1 is 0.846 bits per heavy atom. The number of H-pyrrole nitrogens is 2. The van der Waals surface area contributed by atoms with Crippen molar-refractivity contribution in [3.63, 3.8) is 0 Å². The number of methoxy groups -OCH3 is 2. The van der Waals surface area contributed by atoms with Crippen LogP contribution in [0.2, 0.25) is 0 Å². The quantitative estimate of drug-likeness (QED) is 0.0696. The van der Waals surface area contributed by atoms with Crippen LogP contribution in [-0.4, -0.2) is 87.1 Å². The van der Waals surface area contributed by atoms with E-state index in [9.17, 15) is 24.0 Å². The number of halogens is 1. The van der Waals surface area contributed by atoms with E-state index in [1.165, 1.54) is 32.6 Å². The number of aromatic amines is 2. The lowest BCUT2D eigenvalue weighted by atomic mass is 10.0. The van der Waals surface area contributed by atoms with Crippen molar-refractivity contribution in [3.05, 3.63) is 143 Å². The van der Waals surface area contributed by atoms with Crippen molar-refractivity contribution in [2.24, 2.45) is 0 Å². The van der Waals surface area contributed by atoms with Gasteiger partial charge >= 0.3 is 12.2 Å². The van der Waals surface area contributed by atoms with Gasteiger partial charge in [-0.3, -0.25) is 14.4 Å². The number of benzene rings is 3. The largest absolute Gasteiger partial charge is 0.456 e. The number of amides is 4. The van der Waals surface area contributed by atoms with Crippen LogP contribution in [0, 0.1) is 5.82 Å². The second-order valence-electron chi connectivity index (χ2n) is 15.7. The molecule has 0 saturated carbocycles. The Morgan fingerprint density at radius 2 is 1.48 bits per heavy atom. The lowest BCUT2D eigenvalue weighted by molar-refractivity contribution is -0.135. The zero-order valence-corrected chi connectivity index (χ0v) is 35.9. The summed E-state index contributed by atoms with van der Waals surface area (Å²) in [6, 6.07) is 13.6. The van der Waals surface area contributed by atoms with Crippen molar-refractivity contribution < 1.29 is 37.5 Å². The van der Waals surface area contributed by atoms with E-state index in [1.807, 2.05) is 13.0 Å². The standard InChI is InChI=1S/C48H47FN8O8/c1-5-7-13-27(6-2)40(54-47(61)63-3)45(59)56-20-11-16-36(56)43-50-25-34(52-43)29-18-19-38-31(22-29)42(58)32-23-33(49)30(24-39(32)65-38)35-26-51-44(53-35)37-17-12-21-57(37)46(60)41(55-48(62)64-4)28-14-9-8-10-15-28/h5-10,13-15,18-19,22-26,36-37,40-41H,2,11-12,16-17,20-21H2,1,3-4H3,(H,50,52)(H,51,53)(H,54,61)(H,55,62)/b7-5-,27-13+/t36-,37-,40+,41+/m0/s1. The van der Waals surface area contributed by atoms with Crippen LogP contribution in [0.4, 0.5) is 14.0 Å². The van der Waals surface area contributed by atoms with Gasteiger partial charge in [-0.1, -0.05) is 61.2 Å². The van der Waals surface area contributed by atoms with Crippen LogP contribution in [0.15, 0.2) is 119 Å². The molecule has 2 saturated heterocycles. The van der Waals surface area contributed by atoms with Crippen LogP contribution in [-0.2, 0) is 19.1 Å². The smallest absolute Gasteiger partial charge is 0.407 e. The van der Waals surface area contributed by atoms with Gasteiger partial charge in [-0.15, -0.1) is 0 Å². The number of allylic oxidation sites excluding steroid dienone is 3. The molecule has 17 heteroatoms. The average molecular weight is 883 g/mol. The zero-order chi connectivity index (χ0) is 45.8. The molecule has 2 aliphatic heterocycles. The Bertz CT molecular complexity index is 2920. The van der Waals surface area contributed by atoms with E-state index in [4.69, 9.17) is 13.9 Å². The number of carbonyl (C=O) groups excluding carboxylic acids is 4. The van der Waals surface area contributed by atoms with Gasteiger partial charge in [-0.05, 0) is 74.1 Å². The summed E-state index contributed by atoms with van der Waals surface area (Å²) in [5.41, 5.74) is 2.72. The molecule has 16 nitrogen and oxygen atoms in total. The fourth-order valence-electron chi connectivity index (χ4n) is 8.57. The maximum Gasteiger partial charge on any atom is 0.407 e. The topological polar surface area (TPSA) is 205 Å². The van der Waals surface area contributed by atoms with Gasteiger partial charge in [0, 0.05) is 24.2 Å². The highest BCUT2D eigenvalue weighted by Crippen LogP contribution is 2.37. The molecule has 3 aromatic heterocycles. The number of imidazole rings is 2. The molecule has 8 rings (SSSR count). The lowest BCUT2D eigenvalue weighted by Crippen LogP contribution is -2.49. The van der Waals surface area contributed by atoms with Crippen molar-refractivity contribution in [3.8, 4) is 22.5 Å². The number of likely N-dealkylation sites (tertiary alicyclic amines) is 2. The monoisotopic (exact) mass is 882 g/mol. The molecule has 2 fully saturated rings. The van der Waals surface area contributed by atoms with Gasteiger partial charge in [0.15, 0.2) is 0 Å². The molecule has 6 aromatic rings.